The quantitative estimate of drug-likeness (QED) is 0.0482. The minimum atomic E-state index is -5.00. The van der Waals surface area contributed by atoms with E-state index < -0.39 is 45.2 Å². The molecule has 10 nitrogen and oxygen atoms in total. The van der Waals surface area contributed by atoms with Gasteiger partial charge in [0.1, 0.15) is 24.7 Å². The predicted molar refractivity (Wildman–Crippen MR) is 140 cm³/mol. The van der Waals surface area contributed by atoms with Crippen LogP contribution in [0, 0.1) is 0 Å². The van der Waals surface area contributed by atoms with Crippen molar-refractivity contribution >= 4 is 33.9 Å². The van der Waals surface area contributed by atoms with E-state index in [0.717, 1.165) is 24.3 Å². The number of rotatable bonds is 17. The fourth-order valence-corrected chi connectivity index (χ4v) is 3.86. The van der Waals surface area contributed by atoms with Gasteiger partial charge in [-0.2, -0.15) is 34.8 Å². The maximum absolute atomic E-state index is 13.4. The molecule has 42 heavy (non-hydrogen) atoms. The van der Waals surface area contributed by atoms with Crippen LogP contribution in [0.1, 0.15) is 37.8 Å². The van der Waals surface area contributed by atoms with E-state index in [2.05, 4.69) is 28.1 Å². The molecule has 2 aromatic carbocycles. The molecule has 2 aromatic rings. The Morgan fingerprint density at radius 1 is 0.738 bits per heavy atom. The van der Waals surface area contributed by atoms with Crippen LogP contribution < -0.4 is 9.47 Å². The number of nitrogens with zero attached hydrogens (tertiary/aromatic N) is 2. The van der Waals surface area contributed by atoms with Gasteiger partial charge in [0.15, 0.2) is 11.4 Å². The van der Waals surface area contributed by atoms with Gasteiger partial charge in [-0.15, -0.1) is 4.33 Å². The molecular formula is C24H26F6N2O8S2. The number of oxime groups is 2. The summed E-state index contributed by atoms with van der Waals surface area (Å²) in [5, 5.41) is 5.85. The third-order valence-corrected chi connectivity index (χ3v) is 6.13. The molecule has 0 radical (unpaired) electrons. The van der Waals surface area contributed by atoms with Gasteiger partial charge in [-0.25, -0.2) is 4.89 Å². The van der Waals surface area contributed by atoms with Gasteiger partial charge in [0.2, 0.25) is 0 Å². The first-order valence-electron chi connectivity index (χ1n) is 12.1. The molecule has 0 atom stereocenters. The lowest BCUT2D eigenvalue weighted by atomic mass is 10.1. The largest absolute Gasteiger partial charge is 0.490 e. The summed E-state index contributed by atoms with van der Waals surface area (Å²) in [6, 6.07) is 9.19. The van der Waals surface area contributed by atoms with Crippen molar-refractivity contribution in [1.82, 2.24) is 0 Å². The highest BCUT2D eigenvalue weighted by Gasteiger charge is 2.39. The molecule has 0 bridgehead atoms. The third-order valence-electron chi connectivity index (χ3n) is 4.63. The van der Waals surface area contributed by atoms with Gasteiger partial charge < -0.3 is 9.47 Å². The minimum absolute atomic E-state index is 0.0610. The topological polar surface area (TPSA) is 114 Å². The maximum Gasteiger partial charge on any atom is 0.437 e. The van der Waals surface area contributed by atoms with E-state index in [0.29, 0.717) is 6.42 Å². The highest BCUT2D eigenvalue weighted by atomic mass is 32.2. The van der Waals surface area contributed by atoms with Gasteiger partial charge in [0, 0.05) is 11.1 Å². The minimum Gasteiger partial charge on any atom is -0.490 e. The van der Waals surface area contributed by atoms with Crippen LogP contribution in [0.15, 0.2) is 58.8 Å². The summed E-state index contributed by atoms with van der Waals surface area (Å²) in [5.41, 5.74) is -3.63. The molecule has 0 aliphatic heterocycles. The zero-order valence-electron chi connectivity index (χ0n) is 22.1. The van der Waals surface area contributed by atoms with Crippen LogP contribution in [0.25, 0.3) is 0 Å². The molecule has 18 heteroatoms. The summed E-state index contributed by atoms with van der Waals surface area (Å²) in [6.45, 7) is 3.40. The molecular weight excluding hydrogens is 622 g/mol. The van der Waals surface area contributed by atoms with E-state index in [4.69, 9.17) is 9.47 Å². The first kappa shape index (κ1) is 35.0. The standard InChI is InChI=1S/C24H26F6N2O8S2/c1-3-13-37-40-41-38-31-21(23(25,26)27)17-5-9-19(10-6-17)35-14-15-36-20-11-7-18(8-12-20)22(24(28,29)30)32-39-42(33,34)16-4-2/h5-12H,3-4,13-16H2,1-2H3/b31-21-,32-22-. The van der Waals surface area contributed by atoms with Crippen molar-refractivity contribution in [2.45, 2.75) is 39.0 Å². The first-order chi connectivity index (χ1) is 19.8. The van der Waals surface area contributed by atoms with Crippen molar-refractivity contribution in [3.8, 4) is 11.5 Å². The Hall–Kier alpha value is -3.22. The highest BCUT2D eigenvalue weighted by molar-refractivity contribution is 7.89. The van der Waals surface area contributed by atoms with Crippen LogP contribution >= 0.6 is 12.3 Å². The zero-order valence-corrected chi connectivity index (χ0v) is 23.7. The molecule has 0 N–H and O–H groups in total. The van der Waals surface area contributed by atoms with Gasteiger partial charge in [0.05, 0.1) is 12.4 Å². The predicted octanol–water partition coefficient (Wildman–Crippen LogP) is 6.37. The molecule has 2 rings (SSSR count). The summed E-state index contributed by atoms with van der Waals surface area (Å²) in [4.78, 5) is 4.59. The maximum atomic E-state index is 13.4. The van der Waals surface area contributed by atoms with E-state index >= 15 is 0 Å². The zero-order chi connectivity index (χ0) is 31.2. The van der Waals surface area contributed by atoms with E-state index in [1.165, 1.54) is 31.2 Å². The van der Waals surface area contributed by atoms with E-state index in [-0.39, 0.29) is 55.6 Å². The highest BCUT2D eigenvalue weighted by Crippen LogP contribution is 2.26. The Labute approximate surface area is 242 Å². The number of benzene rings is 2. The third kappa shape index (κ3) is 12.3. The van der Waals surface area contributed by atoms with Crippen LogP contribution in [0.2, 0.25) is 0 Å². The Bertz CT molecular complexity index is 1270. The summed E-state index contributed by atoms with van der Waals surface area (Å²) < 4.78 is 127. The Kier molecular flexibility index (Phi) is 13.7. The van der Waals surface area contributed by atoms with Gasteiger partial charge in [-0.05, 0) is 61.4 Å². The summed E-state index contributed by atoms with van der Waals surface area (Å²) in [6.07, 6.45) is -9.07. The van der Waals surface area contributed by atoms with Crippen molar-refractivity contribution in [3.63, 3.8) is 0 Å². The molecule has 0 amide bonds. The average Bonchev–Trinajstić information content (AvgIpc) is 2.90. The first-order valence-corrected chi connectivity index (χ1v) is 14.3. The Balaban J connectivity index is 1.93. The molecule has 0 unspecified atom stereocenters. The number of halogens is 6. The van der Waals surface area contributed by atoms with Crippen molar-refractivity contribution in [2.75, 3.05) is 25.6 Å². The van der Waals surface area contributed by atoms with Gasteiger partial charge in [-0.1, -0.05) is 24.2 Å². The lowest BCUT2D eigenvalue weighted by Crippen LogP contribution is -2.25. The molecule has 0 heterocycles. The SMILES string of the molecule is CCCOOSO/N=C(/c1ccc(OCCOc2ccc(/C(=N/OS(=O)(=O)CCC)C(F)(F)F)cc2)cc1)C(F)(F)F. The van der Waals surface area contributed by atoms with E-state index in [9.17, 15) is 34.8 Å². The smallest absolute Gasteiger partial charge is 0.437 e. The molecule has 0 saturated heterocycles. The van der Waals surface area contributed by atoms with Gasteiger partial charge >= 0.3 is 22.5 Å². The summed E-state index contributed by atoms with van der Waals surface area (Å²) in [7, 11) is -4.26. The van der Waals surface area contributed by atoms with Gasteiger partial charge in [-0.3, -0.25) is 8.57 Å². The van der Waals surface area contributed by atoms with Crippen molar-refractivity contribution in [3.05, 3.63) is 59.7 Å². The molecule has 234 valence electrons. The molecule has 0 fully saturated rings. The van der Waals surface area contributed by atoms with Crippen LogP contribution in [0.4, 0.5) is 26.3 Å². The second kappa shape index (κ2) is 16.4. The van der Waals surface area contributed by atoms with Crippen molar-refractivity contribution in [1.29, 1.82) is 0 Å². The fourth-order valence-electron chi connectivity index (χ4n) is 2.86. The van der Waals surface area contributed by atoms with Crippen molar-refractivity contribution in [2.24, 2.45) is 10.3 Å². The van der Waals surface area contributed by atoms with Crippen LogP contribution in [-0.4, -0.2) is 57.8 Å². The Morgan fingerprint density at radius 3 is 1.64 bits per heavy atom. The fraction of sp³-hybridized carbons (Fsp3) is 0.417. The lowest BCUT2D eigenvalue weighted by molar-refractivity contribution is -0.196. The van der Waals surface area contributed by atoms with Gasteiger partial charge in [0.25, 0.3) is 12.3 Å². The number of hydrogen-bond donors (Lipinski definition) is 0. The monoisotopic (exact) mass is 648 g/mol. The van der Waals surface area contributed by atoms with Crippen LogP contribution in [0.5, 0.6) is 11.5 Å². The molecule has 0 aromatic heterocycles. The second-order valence-corrected chi connectivity index (χ2v) is 10.1. The lowest BCUT2D eigenvalue weighted by Gasteiger charge is -2.12. The number of alkyl halides is 6. The average molecular weight is 649 g/mol. The van der Waals surface area contributed by atoms with Crippen LogP contribution in [0.3, 0.4) is 0 Å². The molecule has 0 spiro atoms. The van der Waals surface area contributed by atoms with E-state index in [1.54, 1.807) is 6.92 Å². The molecule has 0 aliphatic rings. The Morgan fingerprint density at radius 2 is 1.21 bits per heavy atom. The number of ether oxygens (including phenoxy) is 2. The van der Waals surface area contributed by atoms with E-state index in [1.807, 2.05) is 0 Å². The molecule has 0 saturated carbocycles. The second-order valence-electron chi connectivity index (χ2n) is 7.99. The van der Waals surface area contributed by atoms with Crippen molar-refractivity contribution < 1.29 is 62.0 Å². The molecule has 0 aliphatic carbocycles. The van der Waals surface area contributed by atoms with Crippen LogP contribution in [-0.2, 0) is 27.9 Å². The summed E-state index contributed by atoms with van der Waals surface area (Å²) >= 11 is 0.123. The normalized spacial score (nSPS) is 13.1. The summed E-state index contributed by atoms with van der Waals surface area (Å²) in [5.74, 6) is -0.134. The number of hydrogen-bond acceptors (Lipinski definition) is 11.